The van der Waals surface area contributed by atoms with E-state index < -0.39 is 0 Å². The number of nitrogens with zero attached hydrogens (tertiary/aromatic N) is 1. The third kappa shape index (κ3) is 4.07. The van der Waals surface area contributed by atoms with Crippen LogP contribution in [0.5, 0.6) is 5.75 Å². The summed E-state index contributed by atoms with van der Waals surface area (Å²) in [6.07, 6.45) is 1.89. The molecule has 30 heavy (non-hydrogen) atoms. The van der Waals surface area contributed by atoms with Crippen LogP contribution in [0.3, 0.4) is 0 Å². The lowest BCUT2D eigenvalue weighted by molar-refractivity contribution is -0.112. The minimum atomic E-state index is -0.293. The van der Waals surface area contributed by atoms with Gasteiger partial charge in [0.05, 0.1) is 14.6 Å². The summed E-state index contributed by atoms with van der Waals surface area (Å²) in [5, 5.41) is 0. The third-order valence-electron chi connectivity index (χ3n) is 4.88. The van der Waals surface area contributed by atoms with E-state index in [1.807, 2.05) is 55.5 Å². The average Bonchev–Trinajstić information content (AvgIpc) is 2.98. The molecule has 1 amide bonds. The maximum atomic E-state index is 13.4. The molecule has 0 spiro atoms. The summed E-state index contributed by atoms with van der Waals surface area (Å²) in [4.78, 5) is 14.7. The summed E-state index contributed by atoms with van der Waals surface area (Å²) >= 11 is 7.11. The molecule has 3 aromatic rings. The number of fused-ring (bicyclic) bond motifs is 1. The van der Waals surface area contributed by atoms with Gasteiger partial charge in [-0.3, -0.25) is 4.79 Å². The van der Waals surface area contributed by atoms with Gasteiger partial charge in [0.15, 0.2) is 0 Å². The van der Waals surface area contributed by atoms with Crippen molar-refractivity contribution in [1.29, 1.82) is 0 Å². The van der Waals surface area contributed by atoms with Crippen LogP contribution in [0.4, 0.5) is 10.1 Å². The van der Waals surface area contributed by atoms with Gasteiger partial charge in [0.2, 0.25) is 0 Å². The molecule has 1 aliphatic heterocycles. The van der Waals surface area contributed by atoms with Crippen LogP contribution in [0.2, 0.25) is 0 Å². The molecule has 0 unspecified atom stereocenters. The number of carbonyl (C=O) groups excluding carboxylic acids is 1. The zero-order chi connectivity index (χ0) is 21.3. The normalized spacial score (nSPS) is 14.3. The van der Waals surface area contributed by atoms with Gasteiger partial charge in [-0.25, -0.2) is 4.39 Å². The number of carbonyl (C=O) groups is 1. The van der Waals surface area contributed by atoms with E-state index in [4.69, 9.17) is 4.74 Å². The summed E-state index contributed by atoms with van der Waals surface area (Å²) in [6.45, 7) is 2.83. The first kappa shape index (κ1) is 20.8. The van der Waals surface area contributed by atoms with Crippen molar-refractivity contribution in [1.82, 2.24) is 0 Å². The second-order valence-electron chi connectivity index (χ2n) is 6.86. The van der Waals surface area contributed by atoms with Crippen LogP contribution in [0, 0.1) is 5.82 Å². The first-order valence-electron chi connectivity index (χ1n) is 9.47. The number of para-hydroxylation sites is 1. The van der Waals surface area contributed by atoms with Gasteiger partial charge in [-0.2, -0.15) is 0 Å². The Kier molecular flexibility index (Phi) is 6.06. The number of rotatable bonds is 5. The predicted molar refractivity (Wildman–Crippen MR) is 125 cm³/mol. The summed E-state index contributed by atoms with van der Waals surface area (Å²) < 4.78 is 20.7. The van der Waals surface area contributed by atoms with Gasteiger partial charge < -0.3 is 9.64 Å². The molecule has 0 N–H and O–H groups in total. The van der Waals surface area contributed by atoms with E-state index in [1.165, 1.54) is 12.1 Å². The van der Waals surface area contributed by atoms with Gasteiger partial charge >= 0.3 is 0 Å². The molecule has 1 aliphatic rings. The van der Waals surface area contributed by atoms with Gasteiger partial charge in [0.1, 0.15) is 18.2 Å². The van der Waals surface area contributed by atoms with Crippen molar-refractivity contribution in [3.05, 3.63) is 92.1 Å². The lowest BCUT2D eigenvalue weighted by atomic mass is 10.0. The molecule has 152 valence electrons. The number of halogens is 3. The van der Waals surface area contributed by atoms with Crippen molar-refractivity contribution in [3.63, 3.8) is 0 Å². The molecule has 6 heteroatoms. The fraction of sp³-hybridized carbons (Fsp3) is 0.125. The molecule has 0 saturated heterocycles. The summed E-state index contributed by atoms with van der Waals surface area (Å²) in [6, 6.07) is 17.9. The Bertz CT molecular complexity index is 1140. The molecular weight excluding hydrogens is 513 g/mol. The molecular formula is C24H18Br2FNO2. The molecule has 0 aromatic heterocycles. The van der Waals surface area contributed by atoms with Crippen molar-refractivity contribution < 1.29 is 13.9 Å². The second kappa shape index (κ2) is 8.74. The Hall–Kier alpha value is -2.44. The number of ether oxygens (including phenoxy) is 1. The lowest BCUT2D eigenvalue weighted by Crippen LogP contribution is -2.25. The maximum Gasteiger partial charge on any atom is 0.258 e. The number of likely N-dealkylation sites (N-methyl/N-ethyl adjacent to an activating group) is 1. The van der Waals surface area contributed by atoms with E-state index in [0.29, 0.717) is 17.9 Å². The summed E-state index contributed by atoms with van der Waals surface area (Å²) in [5.74, 6) is 0.325. The molecule has 0 fully saturated rings. The topological polar surface area (TPSA) is 29.5 Å². The maximum absolute atomic E-state index is 13.4. The van der Waals surface area contributed by atoms with E-state index in [1.54, 1.807) is 11.0 Å². The van der Waals surface area contributed by atoms with Crippen molar-refractivity contribution in [2.24, 2.45) is 0 Å². The molecule has 0 saturated carbocycles. The zero-order valence-electron chi connectivity index (χ0n) is 16.2. The van der Waals surface area contributed by atoms with Gasteiger partial charge in [-0.15, -0.1) is 0 Å². The number of anilines is 1. The van der Waals surface area contributed by atoms with Crippen LogP contribution in [0.25, 0.3) is 11.6 Å². The second-order valence-corrected chi connectivity index (χ2v) is 8.57. The molecule has 0 aliphatic carbocycles. The summed E-state index contributed by atoms with van der Waals surface area (Å²) in [5.41, 5.74) is 4.14. The highest BCUT2D eigenvalue weighted by molar-refractivity contribution is 9.11. The highest BCUT2D eigenvalue weighted by atomic mass is 79.9. The van der Waals surface area contributed by atoms with Crippen LogP contribution in [0.1, 0.15) is 23.6 Å². The van der Waals surface area contributed by atoms with E-state index in [-0.39, 0.29) is 18.3 Å². The van der Waals surface area contributed by atoms with E-state index in [0.717, 1.165) is 31.3 Å². The molecule has 4 rings (SSSR count). The van der Waals surface area contributed by atoms with Crippen molar-refractivity contribution in [3.8, 4) is 5.75 Å². The minimum Gasteiger partial charge on any atom is -0.487 e. The Morgan fingerprint density at radius 3 is 2.47 bits per heavy atom. The number of hydrogen-bond acceptors (Lipinski definition) is 2. The van der Waals surface area contributed by atoms with Gasteiger partial charge in [-0.1, -0.05) is 30.3 Å². The van der Waals surface area contributed by atoms with Gasteiger partial charge in [0, 0.05) is 17.7 Å². The van der Waals surface area contributed by atoms with Crippen LogP contribution >= 0.6 is 31.9 Å². The van der Waals surface area contributed by atoms with Crippen LogP contribution in [-0.2, 0) is 11.4 Å². The highest BCUT2D eigenvalue weighted by Gasteiger charge is 2.30. The number of benzene rings is 3. The fourth-order valence-electron chi connectivity index (χ4n) is 3.51. The molecule has 0 bridgehead atoms. The zero-order valence-corrected chi connectivity index (χ0v) is 19.3. The van der Waals surface area contributed by atoms with Gasteiger partial charge in [0.25, 0.3) is 5.91 Å². The predicted octanol–water partition coefficient (Wildman–Crippen LogP) is 6.84. The van der Waals surface area contributed by atoms with Gasteiger partial charge in [-0.05, 0) is 86.3 Å². The summed E-state index contributed by atoms with van der Waals surface area (Å²) in [7, 11) is 0. The van der Waals surface area contributed by atoms with Crippen LogP contribution in [0.15, 0.2) is 69.6 Å². The van der Waals surface area contributed by atoms with E-state index in [2.05, 4.69) is 31.9 Å². The molecule has 3 nitrogen and oxygen atoms in total. The standard InChI is InChI=1S/C24H18Br2FNO2/c1-2-28-22-9-4-3-8-18(22)19(24(28)29)11-16-12-20(25)23(21(26)13-16)30-14-15-6-5-7-17(27)10-15/h3-13H,2,14H2,1H3/b19-11-. The largest absolute Gasteiger partial charge is 0.487 e. The molecule has 3 aromatic carbocycles. The van der Waals surface area contributed by atoms with Crippen molar-refractivity contribution in [2.75, 3.05) is 11.4 Å². The lowest BCUT2D eigenvalue weighted by Gasteiger charge is -2.13. The average molecular weight is 531 g/mol. The van der Waals surface area contributed by atoms with Crippen LogP contribution < -0.4 is 9.64 Å². The smallest absolute Gasteiger partial charge is 0.258 e. The minimum absolute atomic E-state index is 0.00243. The molecule has 0 radical (unpaired) electrons. The van der Waals surface area contributed by atoms with Crippen LogP contribution in [-0.4, -0.2) is 12.5 Å². The Morgan fingerprint density at radius 2 is 1.77 bits per heavy atom. The highest BCUT2D eigenvalue weighted by Crippen LogP contribution is 2.40. The first-order chi connectivity index (χ1) is 14.5. The quantitative estimate of drug-likeness (QED) is 0.338. The Labute approximate surface area is 191 Å². The van der Waals surface area contributed by atoms with E-state index in [9.17, 15) is 9.18 Å². The Morgan fingerprint density at radius 1 is 1.03 bits per heavy atom. The van der Waals surface area contributed by atoms with Crippen molar-refractivity contribution >= 4 is 55.1 Å². The van der Waals surface area contributed by atoms with E-state index >= 15 is 0 Å². The third-order valence-corrected chi connectivity index (χ3v) is 6.06. The number of hydrogen-bond donors (Lipinski definition) is 0. The molecule has 0 atom stereocenters. The molecule has 1 heterocycles. The Balaban J connectivity index is 1.63. The van der Waals surface area contributed by atoms with Crippen molar-refractivity contribution in [2.45, 2.75) is 13.5 Å². The monoisotopic (exact) mass is 529 g/mol. The number of amides is 1. The SMILES string of the molecule is CCN1C(=O)/C(=C\c2cc(Br)c(OCc3cccc(F)c3)c(Br)c2)c2ccccc21. The fourth-order valence-corrected chi connectivity index (χ4v) is 4.96. The first-order valence-corrected chi connectivity index (χ1v) is 11.1.